The lowest BCUT2D eigenvalue weighted by molar-refractivity contribution is 0.183. The normalized spacial score (nSPS) is 18.8. The van der Waals surface area contributed by atoms with Gasteiger partial charge in [0, 0.05) is 19.8 Å². The number of hydrogen-bond donors (Lipinski definition) is 0. The number of nitrogens with zero attached hydrogens (tertiary/aromatic N) is 2. The Bertz CT molecular complexity index is 657. The van der Waals surface area contributed by atoms with Crippen molar-refractivity contribution in [1.29, 1.82) is 0 Å². The van der Waals surface area contributed by atoms with Crippen LogP contribution in [0.3, 0.4) is 0 Å². The van der Waals surface area contributed by atoms with E-state index in [-0.39, 0.29) is 5.56 Å². The van der Waals surface area contributed by atoms with E-state index in [2.05, 4.69) is 4.98 Å². The molecule has 2 heterocycles. The largest absolute Gasteiger partial charge is 0.381 e. The van der Waals surface area contributed by atoms with Gasteiger partial charge in [0.05, 0.1) is 17.2 Å². The minimum atomic E-state index is 0.0673. The van der Waals surface area contributed by atoms with Gasteiger partial charge in [0.1, 0.15) is 0 Å². The van der Waals surface area contributed by atoms with Crippen LogP contribution < -0.4 is 5.56 Å². The van der Waals surface area contributed by atoms with Crippen molar-refractivity contribution in [3.8, 4) is 0 Å². The summed E-state index contributed by atoms with van der Waals surface area (Å²) >= 11 is 0. The molecule has 4 nitrogen and oxygen atoms in total. The van der Waals surface area contributed by atoms with Gasteiger partial charge in [-0.3, -0.25) is 9.36 Å². The van der Waals surface area contributed by atoms with E-state index in [0.717, 1.165) is 50.1 Å². The maximum atomic E-state index is 12.4. The Kier molecular flexibility index (Phi) is 3.83. The quantitative estimate of drug-likeness (QED) is 0.859. The molecule has 1 aromatic heterocycles. The number of aromatic nitrogens is 2. The van der Waals surface area contributed by atoms with Crippen molar-refractivity contribution in [3.05, 3.63) is 40.4 Å². The number of aryl methyl sites for hydroxylation is 2. The topological polar surface area (TPSA) is 44.1 Å². The average Bonchev–Trinajstić information content (AvgIpc) is 2.94. The van der Waals surface area contributed by atoms with Gasteiger partial charge in [-0.05, 0) is 49.8 Å². The minimum absolute atomic E-state index is 0.0673. The Morgan fingerprint density at radius 3 is 3.15 bits per heavy atom. The molecule has 106 valence electrons. The molecule has 1 aliphatic heterocycles. The first-order valence-corrected chi connectivity index (χ1v) is 7.27. The third-order valence-electron chi connectivity index (χ3n) is 4.02. The summed E-state index contributed by atoms with van der Waals surface area (Å²) in [6.45, 7) is 4.52. The summed E-state index contributed by atoms with van der Waals surface area (Å²) in [6.07, 6.45) is 4.96. The Morgan fingerprint density at radius 1 is 1.45 bits per heavy atom. The summed E-state index contributed by atoms with van der Waals surface area (Å²) in [5.74, 6) is 0.668. The predicted molar refractivity (Wildman–Crippen MR) is 78.9 cm³/mol. The second-order valence-electron chi connectivity index (χ2n) is 5.64. The maximum Gasteiger partial charge on any atom is 0.261 e. The molecule has 0 radical (unpaired) electrons. The molecule has 0 spiro atoms. The van der Waals surface area contributed by atoms with Crippen LogP contribution in [0.25, 0.3) is 10.9 Å². The van der Waals surface area contributed by atoms with Crippen molar-refractivity contribution in [2.24, 2.45) is 5.92 Å². The maximum absolute atomic E-state index is 12.4. The zero-order valence-electron chi connectivity index (χ0n) is 11.8. The highest BCUT2D eigenvalue weighted by atomic mass is 16.5. The Labute approximate surface area is 118 Å². The number of ether oxygens (including phenoxy) is 1. The number of benzene rings is 1. The van der Waals surface area contributed by atoms with E-state index in [0.29, 0.717) is 11.3 Å². The molecule has 0 unspecified atom stereocenters. The second kappa shape index (κ2) is 5.75. The molecule has 20 heavy (non-hydrogen) atoms. The minimum Gasteiger partial charge on any atom is -0.381 e. The number of fused-ring (bicyclic) bond motifs is 1. The monoisotopic (exact) mass is 272 g/mol. The molecule has 0 aliphatic carbocycles. The molecule has 0 amide bonds. The molecular formula is C16H20N2O2. The van der Waals surface area contributed by atoms with Crippen molar-refractivity contribution < 1.29 is 4.74 Å². The Morgan fingerprint density at radius 2 is 2.35 bits per heavy atom. The highest BCUT2D eigenvalue weighted by molar-refractivity contribution is 5.77. The fourth-order valence-corrected chi connectivity index (χ4v) is 2.79. The van der Waals surface area contributed by atoms with Crippen molar-refractivity contribution >= 4 is 10.9 Å². The predicted octanol–water partition coefficient (Wildman–Crippen LogP) is 2.52. The van der Waals surface area contributed by atoms with E-state index in [9.17, 15) is 4.79 Å². The van der Waals surface area contributed by atoms with Crippen LogP contribution in [0.5, 0.6) is 0 Å². The van der Waals surface area contributed by atoms with Crippen molar-refractivity contribution in [3.63, 3.8) is 0 Å². The van der Waals surface area contributed by atoms with Gasteiger partial charge >= 0.3 is 0 Å². The second-order valence-corrected chi connectivity index (χ2v) is 5.64. The Balaban J connectivity index is 1.73. The smallest absolute Gasteiger partial charge is 0.261 e. The molecule has 1 saturated heterocycles. The molecule has 2 aromatic rings. The molecule has 0 saturated carbocycles. The van der Waals surface area contributed by atoms with E-state index < -0.39 is 0 Å². The van der Waals surface area contributed by atoms with Crippen LogP contribution in [0.2, 0.25) is 0 Å². The average molecular weight is 272 g/mol. The van der Waals surface area contributed by atoms with Crippen molar-refractivity contribution in [1.82, 2.24) is 9.55 Å². The van der Waals surface area contributed by atoms with E-state index in [4.69, 9.17) is 4.74 Å². The zero-order chi connectivity index (χ0) is 13.9. The first kappa shape index (κ1) is 13.3. The van der Waals surface area contributed by atoms with Crippen LogP contribution >= 0.6 is 0 Å². The van der Waals surface area contributed by atoms with Crippen molar-refractivity contribution in [2.45, 2.75) is 32.7 Å². The lowest BCUT2D eigenvalue weighted by Crippen LogP contribution is -2.21. The summed E-state index contributed by atoms with van der Waals surface area (Å²) in [5, 5.41) is 0.710. The van der Waals surface area contributed by atoms with E-state index >= 15 is 0 Å². The van der Waals surface area contributed by atoms with Crippen molar-refractivity contribution in [2.75, 3.05) is 13.2 Å². The molecule has 0 bridgehead atoms. The van der Waals surface area contributed by atoms with E-state index in [1.54, 1.807) is 10.9 Å². The van der Waals surface area contributed by atoms with Gasteiger partial charge in [-0.1, -0.05) is 6.07 Å². The van der Waals surface area contributed by atoms with Gasteiger partial charge in [0.25, 0.3) is 5.56 Å². The van der Waals surface area contributed by atoms with Gasteiger partial charge in [-0.15, -0.1) is 0 Å². The van der Waals surface area contributed by atoms with Crippen LogP contribution in [0.4, 0.5) is 0 Å². The Hall–Kier alpha value is -1.68. The summed E-state index contributed by atoms with van der Waals surface area (Å²) in [7, 11) is 0. The number of hydrogen-bond acceptors (Lipinski definition) is 3. The van der Waals surface area contributed by atoms with Crippen LogP contribution in [-0.4, -0.2) is 22.8 Å². The van der Waals surface area contributed by atoms with E-state index in [1.165, 1.54) is 0 Å². The fraction of sp³-hybridized carbons (Fsp3) is 0.500. The molecule has 1 atom stereocenters. The lowest BCUT2D eigenvalue weighted by Gasteiger charge is -2.09. The summed E-state index contributed by atoms with van der Waals surface area (Å²) in [4.78, 5) is 16.8. The van der Waals surface area contributed by atoms with Crippen LogP contribution in [-0.2, 0) is 11.3 Å². The molecular weight excluding hydrogens is 252 g/mol. The highest BCUT2D eigenvalue weighted by Crippen LogP contribution is 2.18. The third-order valence-corrected chi connectivity index (χ3v) is 4.02. The lowest BCUT2D eigenvalue weighted by atomic mass is 10.0. The van der Waals surface area contributed by atoms with Gasteiger partial charge in [-0.25, -0.2) is 4.98 Å². The summed E-state index contributed by atoms with van der Waals surface area (Å²) in [5.41, 5.74) is 1.98. The zero-order valence-corrected chi connectivity index (χ0v) is 11.8. The van der Waals surface area contributed by atoms with Gasteiger partial charge < -0.3 is 4.74 Å². The fourth-order valence-electron chi connectivity index (χ4n) is 2.79. The van der Waals surface area contributed by atoms with Crippen LogP contribution in [0.15, 0.2) is 29.3 Å². The molecule has 4 heteroatoms. The number of rotatable bonds is 4. The standard InChI is InChI=1S/C16H20N2O2/c1-12-4-5-14-15(9-12)17-11-18(16(14)19)7-2-3-13-6-8-20-10-13/h4-5,9,11,13H,2-3,6-8,10H2,1H3/t13-/m1/s1. The third kappa shape index (κ3) is 2.75. The van der Waals surface area contributed by atoms with Gasteiger partial charge in [0.15, 0.2) is 0 Å². The molecule has 1 aliphatic rings. The highest BCUT2D eigenvalue weighted by Gasteiger charge is 2.15. The molecule has 1 fully saturated rings. The first-order valence-electron chi connectivity index (χ1n) is 7.27. The SMILES string of the molecule is Cc1ccc2c(=O)n(CCC[C@@H]3CCOC3)cnc2c1. The first-order chi connectivity index (χ1) is 9.74. The van der Waals surface area contributed by atoms with Crippen LogP contribution in [0.1, 0.15) is 24.8 Å². The molecule has 1 aromatic carbocycles. The van der Waals surface area contributed by atoms with E-state index in [1.807, 2.05) is 25.1 Å². The molecule has 0 N–H and O–H groups in total. The summed E-state index contributed by atoms with van der Waals surface area (Å²) < 4.78 is 7.10. The van der Waals surface area contributed by atoms with Gasteiger partial charge in [0.2, 0.25) is 0 Å². The molecule has 3 rings (SSSR count). The van der Waals surface area contributed by atoms with Crippen LogP contribution in [0, 0.1) is 12.8 Å². The summed E-state index contributed by atoms with van der Waals surface area (Å²) in [6, 6.07) is 5.80. The van der Waals surface area contributed by atoms with Gasteiger partial charge in [-0.2, -0.15) is 0 Å².